The number of H-pyrrole nitrogens is 1. The Hall–Kier alpha value is -1.65. The van der Waals surface area contributed by atoms with E-state index in [9.17, 15) is 9.59 Å². The summed E-state index contributed by atoms with van der Waals surface area (Å²) in [6.07, 6.45) is 11.3. The topological polar surface area (TPSA) is 66.1 Å². The van der Waals surface area contributed by atoms with E-state index in [1.165, 1.54) is 38.5 Å². The van der Waals surface area contributed by atoms with Crippen molar-refractivity contribution in [1.82, 2.24) is 14.9 Å². The quantitative estimate of drug-likeness (QED) is 0.886. The van der Waals surface area contributed by atoms with E-state index >= 15 is 0 Å². The number of carbonyl (C=O) groups is 1. The molecule has 0 aromatic carbocycles. The number of aromatic amines is 1. The number of nitrogens with one attached hydrogen (secondary N) is 1. The Morgan fingerprint density at radius 2 is 1.85 bits per heavy atom. The van der Waals surface area contributed by atoms with Gasteiger partial charge < -0.3 is 9.88 Å². The molecule has 140 valence electrons. The molecule has 5 fully saturated rings. The maximum atomic E-state index is 12.8. The van der Waals surface area contributed by atoms with Crippen LogP contribution in [0.5, 0.6) is 0 Å². The summed E-state index contributed by atoms with van der Waals surface area (Å²) in [5.74, 6) is 3.63. The Morgan fingerprint density at radius 1 is 1.19 bits per heavy atom. The normalized spacial score (nSPS) is 38.6. The van der Waals surface area contributed by atoms with Crippen LogP contribution in [-0.4, -0.2) is 33.9 Å². The van der Waals surface area contributed by atoms with E-state index in [2.05, 4.69) is 16.9 Å². The zero-order valence-corrected chi connectivity index (χ0v) is 15.7. The highest BCUT2D eigenvalue weighted by Crippen LogP contribution is 2.59. The zero-order chi connectivity index (χ0) is 17.9. The first-order valence-electron chi connectivity index (χ1n) is 10.4. The molecular formula is C21H29N3O2. The summed E-state index contributed by atoms with van der Waals surface area (Å²) < 4.78 is 0. The maximum Gasteiger partial charge on any atom is 0.263 e. The second-order valence-corrected chi connectivity index (χ2v) is 9.67. The van der Waals surface area contributed by atoms with Gasteiger partial charge in [0.2, 0.25) is 0 Å². The fourth-order valence-corrected chi connectivity index (χ4v) is 6.76. The highest BCUT2D eigenvalue weighted by atomic mass is 16.2. The maximum absolute atomic E-state index is 12.8. The van der Waals surface area contributed by atoms with Crippen molar-refractivity contribution in [2.75, 3.05) is 13.1 Å². The van der Waals surface area contributed by atoms with Gasteiger partial charge >= 0.3 is 0 Å². The summed E-state index contributed by atoms with van der Waals surface area (Å²) in [6.45, 7) is 3.66. The molecule has 26 heavy (non-hydrogen) atoms. The van der Waals surface area contributed by atoms with Gasteiger partial charge in [0.05, 0.1) is 0 Å². The van der Waals surface area contributed by atoms with Crippen molar-refractivity contribution < 1.29 is 4.79 Å². The lowest BCUT2D eigenvalue weighted by molar-refractivity contribution is -0.00955. The smallest absolute Gasteiger partial charge is 0.263 e. The fourth-order valence-electron chi connectivity index (χ4n) is 6.76. The minimum absolute atomic E-state index is 0.0646. The summed E-state index contributed by atoms with van der Waals surface area (Å²) >= 11 is 0. The number of amides is 1. The Kier molecular flexibility index (Phi) is 3.77. The van der Waals surface area contributed by atoms with Crippen molar-refractivity contribution in [3.63, 3.8) is 0 Å². The number of likely N-dealkylation sites (tertiary alicyclic amines) is 1. The molecular weight excluding hydrogens is 326 g/mol. The summed E-state index contributed by atoms with van der Waals surface area (Å²) in [5, 5.41) is 0. The van der Waals surface area contributed by atoms with E-state index < -0.39 is 0 Å². The molecule has 4 saturated carbocycles. The van der Waals surface area contributed by atoms with Gasteiger partial charge in [-0.3, -0.25) is 9.59 Å². The van der Waals surface area contributed by atoms with Gasteiger partial charge in [0.1, 0.15) is 11.4 Å². The van der Waals surface area contributed by atoms with Crippen molar-refractivity contribution in [2.24, 2.45) is 23.7 Å². The summed E-state index contributed by atoms with van der Waals surface area (Å²) in [5.41, 5.74) is 0.0383. The van der Waals surface area contributed by atoms with Crippen molar-refractivity contribution >= 4 is 5.91 Å². The van der Waals surface area contributed by atoms with E-state index in [1.807, 2.05) is 4.90 Å². The Bertz CT molecular complexity index is 748. The lowest BCUT2D eigenvalue weighted by Gasteiger charge is -2.56. The molecule has 1 N–H and O–H groups in total. The van der Waals surface area contributed by atoms with Crippen LogP contribution < -0.4 is 5.56 Å². The SMILES string of the molecule is C[C@H]1CCCN(C(=O)c2cnc(C34CC5CC(CC(C5)C3)C4)[nH]c2=O)C1. The second-order valence-electron chi connectivity index (χ2n) is 9.67. The molecule has 1 aromatic rings. The molecule has 1 saturated heterocycles. The molecule has 2 heterocycles. The van der Waals surface area contributed by atoms with Crippen LogP contribution in [-0.2, 0) is 5.41 Å². The van der Waals surface area contributed by atoms with Gasteiger partial charge in [-0.15, -0.1) is 0 Å². The monoisotopic (exact) mass is 355 g/mol. The minimum atomic E-state index is -0.242. The summed E-state index contributed by atoms with van der Waals surface area (Å²) in [6, 6.07) is 0. The van der Waals surface area contributed by atoms with Gasteiger partial charge in [-0.05, 0) is 75.0 Å². The average molecular weight is 355 g/mol. The Morgan fingerprint density at radius 3 is 2.42 bits per heavy atom. The van der Waals surface area contributed by atoms with Crippen LogP contribution in [0.1, 0.15) is 74.5 Å². The Balaban J connectivity index is 1.42. The summed E-state index contributed by atoms with van der Waals surface area (Å²) in [7, 11) is 0. The van der Waals surface area contributed by atoms with E-state index in [0.717, 1.165) is 49.5 Å². The molecule has 0 radical (unpaired) electrons. The molecule has 1 aliphatic heterocycles. The van der Waals surface area contributed by atoms with Crippen LogP contribution in [0, 0.1) is 23.7 Å². The molecule has 5 heteroatoms. The van der Waals surface area contributed by atoms with Crippen LogP contribution in [0.3, 0.4) is 0 Å². The molecule has 0 spiro atoms. The number of rotatable bonds is 2. The molecule has 1 aromatic heterocycles. The molecule has 4 bridgehead atoms. The fraction of sp³-hybridized carbons (Fsp3) is 0.762. The highest BCUT2D eigenvalue weighted by Gasteiger charge is 2.53. The van der Waals surface area contributed by atoms with Gasteiger partial charge in [0.15, 0.2) is 0 Å². The number of hydrogen-bond donors (Lipinski definition) is 1. The van der Waals surface area contributed by atoms with Crippen LogP contribution in [0.4, 0.5) is 0 Å². The zero-order valence-electron chi connectivity index (χ0n) is 15.7. The molecule has 1 amide bonds. The van der Waals surface area contributed by atoms with Crippen molar-refractivity contribution in [1.29, 1.82) is 0 Å². The third kappa shape index (κ3) is 2.62. The van der Waals surface area contributed by atoms with Crippen molar-refractivity contribution in [3.05, 3.63) is 27.9 Å². The molecule has 4 aliphatic carbocycles. The van der Waals surface area contributed by atoms with E-state index in [0.29, 0.717) is 5.92 Å². The Labute approximate surface area is 154 Å². The number of piperidine rings is 1. The first kappa shape index (κ1) is 16.5. The van der Waals surface area contributed by atoms with Gasteiger partial charge in [0, 0.05) is 24.7 Å². The van der Waals surface area contributed by atoms with Gasteiger partial charge in [-0.1, -0.05) is 6.92 Å². The first-order chi connectivity index (χ1) is 12.5. The first-order valence-corrected chi connectivity index (χ1v) is 10.4. The van der Waals surface area contributed by atoms with Gasteiger partial charge in [-0.25, -0.2) is 4.98 Å². The number of nitrogens with zero attached hydrogens (tertiary/aromatic N) is 2. The predicted molar refractivity (Wildman–Crippen MR) is 99.0 cm³/mol. The van der Waals surface area contributed by atoms with Crippen LogP contribution in [0.2, 0.25) is 0 Å². The average Bonchev–Trinajstić information content (AvgIpc) is 2.60. The standard InChI is InChI=1S/C21H29N3O2/c1-13-3-2-4-24(12-13)19(26)17-11-22-20(23-18(17)25)21-8-14-5-15(9-21)7-16(6-14)10-21/h11,13-16H,2-10,12H2,1H3,(H,22,23,25)/t13-,14?,15?,16?,21?/m0/s1. The third-order valence-electron chi connectivity index (χ3n) is 7.51. The lowest BCUT2D eigenvalue weighted by Crippen LogP contribution is -2.50. The van der Waals surface area contributed by atoms with Crippen LogP contribution in [0.25, 0.3) is 0 Å². The van der Waals surface area contributed by atoms with E-state index in [4.69, 9.17) is 0 Å². The van der Waals surface area contributed by atoms with E-state index in [1.54, 1.807) is 6.20 Å². The predicted octanol–water partition coefficient (Wildman–Crippen LogP) is 3.11. The van der Waals surface area contributed by atoms with Crippen LogP contribution >= 0.6 is 0 Å². The molecule has 0 unspecified atom stereocenters. The van der Waals surface area contributed by atoms with Crippen LogP contribution in [0.15, 0.2) is 11.0 Å². The summed E-state index contributed by atoms with van der Waals surface area (Å²) in [4.78, 5) is 35.1. The highest BCUT2D eigenvalue weighted by molar-refractivity contribution is 5.93. The molecule has 5 nitrogen and oxygen atoms in total. The minimum Gasteiger partial charge on any atom is -0.338 e. The molecule has 6 rings (SSSR count). The molecule has 1 atom stereocenters. The van der Waals surface area contributed by atoms with E-state index in [-0.39, 0.29) is 22.4 Å². The van der Waals surface area contributed by atoms with Gasteiger partial charge in [-0.2, -0.15) is 0 Å². The van der Waals surface area contributed by atoms with Gasteiger partial charge in [0.25, 0.3) is 11.5 Å². The number of aromatic nitrogens is 2. The number of carbonyl (C=O) groups excluding carboxylic acids is 1. The number of hydrogen-bond acceptors (Lipinski definition) is 3. The third-order valence-corrected chi connectivity index (χ3v) is 7.51. The largest absolute Gasteiger partial charge is 0.338 e. The second kappa shape index (κ2) is 5.93. The molecule has 5 aliphatic rings. The van der Waals surface area contributed by atoms with Crippen molar-refractivity contribution in [2.45, 2.75) is 63.7 Å². The lowest BCUT2D eigenvalue weighted by atomic mass is 9.49. The van der Waals surface area contributed by atoms with Crippen molar-refractivity contribution in [3.8, 4) is 0 Å².